The lowest BCUT2D eigenvalue weighted by Crippen LogP contribution is -2.39. The summed E-state index contributed by atoms with van der Waals surface area (Å²) in [4.78, 5) is 24.1. The van der Waals surface area contributed by atoms with Gasteiger partial charge in [0.1, 0.15) is 5.82 Å². The number of hydrogen-bond donors (Lipinski definition) is 0. The van der Waals surface area contributed by atoms with Crippen molar-refractivity contribution in [1.29, 1.82) is 0 Å². The van der Waals surface area contributed by atoms with Crippen LogP contribution >= 0.6 is 0 Å². The summed E-state index contributed by atoms with van der Waals surface area (Å²) >= 11 is 0. The normalized spacial score (nSPS) is 17.5. The zero-order chi connectivity index (χ0) is 18.5. The van der Waals surface area contributed by atoms with Crippen LogP contribution in [0.25, 0.3) is 11.3 Å². The van der Waals surface area contributed by atoms with Crippen LogP contribution in [0.2, 0.25) is 0 Å². The van der Waals surface area contributed by atoms with Gasteiger partial charge in [-0.3, -0.25) is 4.79 Å². The third kappa shape index (κ3) is 3.94. The van der Waals surface area contributed by atoms with Crippen LogP contribution < -0.4 is 0 Å². The molecule has 1 atom stereocenters. The molecular formula is C20H28N4O2. The highest BCUT2D eigenvalue weighted by atomic mass is 16.5. The first kappa shape index (κ1) is 18.5. The van der Waals surface area contributed by atoms with Crippen molar-refractivity contribution in [3.05, 3.63) is 29.5 Å². The fraction of sp³-hybridized carbons (Fsp3) is 0.600. The van der Waals surface area contributed by atoms with E-state index in [1.807, 2.05) is 31.0 Å². The van der Waals surface area contributed by atoms with Gasteiger partial charge in [-0.05, 0) is 39.0 Å². The molecule has 0 N–H and O–H groups in total. The second kappa shape index (κ2) is 8.43. The molecule has 0 bridgehead atoms. The number of aryl methyl sites for hydroxylation is 2. The third-order valence-electron chi connectivity index (χ3n) is 4.84. The number of hydrogen-bond acceptors (Lipinski definition) is 5. The number of carbonyl (C=O) groups is 1. The van der Waals surface area contributed by atoms with Crippen LogP contribution in [0.4, 0.5) is 0 Å². The van der Waals surface area contributed by atoms with Crippen LogP contribution in [0.1, 0.15) is 75.6 Å². The highest BCUT2D eigenvalue weighted by molar-refractivity contribution is 5.77. The molecule has 2 aromatic rings. The van der Waals surface area contributed by atoms with Crippen LogP contribution in [0.5, 0.6) is 0 Å². The van der Waals surface area contributed by atoms with Crippen LogP contribution in [-0.2, 0) is 11.2 Å². The van der Waals surface area contributed by atoms with Crippen LogP contribution in [0, 0.1) is 6.92 Å². The SMILES string of the molecule is CCCC(=O)N1CCCCC1c1nc(CCC)ncc1-c1cc(C)no1. The fourth-order valence-electron chi connectivity index (χ4n) is 3.58. The summed E-state index contributed by atoms with van der Waals surface area (Å²) in [6.07, 6.45) is 8.18. The minimum absolute atomic E-state index is 0.0122. The van der Waals surface area contributed by atoms with Crippen LogP contribution in [0.3, 0.4) is 0 Å². The Hall–Kier alpha value is -2.24. The van der Waals surface area contributed by atoms with E-state index >= 15 is 0 Å². The predicted molar refractivity (Wildman–Crippen MR) is 99.5 cm³/mol. The fourth-order valence-corrected chi connectivity index (χ4v) is 3.58. The second-order valence-electron chi connectivity index (χ2n) is 7.02. The van der Waals surface area contributed by atoms with Crippen LogP contribution in [-0.4, -0.2) is 32.5 Å². The molecule has 1 unspecified atom stereocenters. The van der Waals surface area contributed by atoms with E-state index in [-0.39, 0.29) is 11.9 Å². The molecule has 0 aliphatic carbocycles. The third-order valence-corrected chi connectivity index (χ3v) is 4.84. The summed E-state index contributed by atoms with van der Waals surface area (Å²) in [5.74, 6) is 1.72. The quantitative estimate of drug-likeness (QED) is 0.774. The van der Waals surface area contributed by atoms with Gasteiger partial charge in [-0.15, -0.1) is 0 Å². The molecule has 1 aliphatic heterocycles. The number of carbonyl (C=O) groups excluding carboxylic acids is 1. The summed E-state index contributed by atoms with van der Waals surface area (Å²) in [5.41, 5.74) is 2.58. The van der Waals surface area contributed by atoms with Gasteiger partial charge in [0.05, 0.1) is 23.0 Å². The Morgan fingerprint density at radius 2 is 2.15 bits per heavy atom. The van der Waals surface area contributed by atoms with Crippen molar-refractivity contribution in [1.82, 2.24) is 20.0 Å². The Morgan fingerprint density at radius 3 is 2.85 bits per heavy atom. The average Bonchev–Trinajstić information content (AvgIpc) is 3.08. The van der Waals surface area contributed by atoms with E-state index < -0.39 is 0 Å². The Kier molecular flexibility index (Phi) is 6.01. The summed E-state index contributed by atoms with van der Waals surface area (Å²) in [6.45, 7) is 6.86. The maximum absolute atomic E-state index is 12.7. The topological polar surface area (TPSA) is 72.1 Å². The maximum atomic E-state index is 12.7. The lowest BCUT2D eigenvalue weighted by atomic mass is 9.95. The van der Waals surface area contributed by atoms with Crippen LogP contribution in [0.15, 0.2) is 16.8 Å². The van der Waals surface area contributed by atoms with Gasteiger partial charge in [0.25, 0.3) is 0 Å². The molecule has 0 radical (unpaired) electrons. The van der Waals surface area contributed by atoms with Crippen molar-refractivity contribution in [2.45, 2.75) is 71.8 Å². The van der Waals surface area contributed by atoms with Gasteiger partial charge >= 0.3 is 0 Å². The van der Waals surface area contributed by atoms with E-state index in [1.165, 1.54) is 0 Å². The molecule has 26 heavy (non-hydrogen) atoms. The average molecular weight is 356 g/mol. The predicted octanol–water partition coefficient (Wildman–Crippen LogP) is 4.25. The molecule has 0 spiro atoms. The molecule has 1 aliphatic rings. The Balaban J connectivity index is 2.04. The summed E-state index contributed by atoms with van der Waals surface area (Å²) < 4.78 is 5.49. The first-order chi connectivity index (χ1) is 12.6. The molecule has 3 heterocycles. The minimum atomic E-state index is -0.0122. The summed E-state index contributed by atoms with van der Waals surface area (Å²) in [7, 11) is 0. The van der Waals surface area contributed by atoms with Gasteiger partial charge in [0, 0.05) is 31.6 Å². The Bertz CT molecular complexity index is 756. The lowest BCUT2D eigenvalue weighted by Gasteiger charge is -2.36. The number of likely N-dealkylation sites (tertiary alicyclic amines) is 1. The van der Waals surface area contributed by atoms with Gasteiger partial charge in [-0.1, -0.05) is 19.0 Å². The molecule has 1 fully saturated rings. The number of piperidine rings is 1. The van der Waals surface area contributed by atoms with Gasteiger partial charge in [0.2, 0.25) is 5.91 Å². The zero-order valence-electron chi connectivity index (χ0n) is 16.0. The van der Waals surface area contributed by atoms with Crippen molar-refractivity contribution in [3.63, 3.8) is 0 Å². The minimum Gasteiger partial charge on any atom is -0.356 e. The van der Waals surface area contributed by atoms with Crippen molar-refractivity contribution >= 4 is 5.91 Å². The molecule has 2 aromatic heterocycles. The van der Waals surface area contributed by atoms with E-state index in [0.29, 0.717) is 12.2 Å². The van der Waals surface area contributed by atoms with E-state index in [9.17, 15) is 4.79 Å². The lowest BCUT2D eigenvalue weighted by molar-refractivity contribution is -0.135. The van der Waals surface area contributed by atoms with E-state index in [1.54, 1.807) is 0 Å². The van der Waals surface area contributed by atoms with Gasteiger partial charge in [-0.2, -0.15) is 0 Å². The van der Waals surface area contributed by atoms with Gasteiger partial charge in [0.15, 0.2) is 5.76 Å². The number of amides is 1. The van der Waals surface area contributed by atoms with Crippen molar-refractivity contribution in [3.8, 4) is 11.3 Å². The number of aromatic nitrogens is 3. The molecule has 0 aromatic carbocycles. The smallest absolute Gasteiger partial charge is 0.223 e. The monoisotopic (exact) mass is 356 g/mol. The van der Waals surface area contributed by atoms with Crippen molar-refractivity contribution in [2.75, 3.05) is 6.54 Å². The van der Waals surface area contributed by atoms with E-state index in [2.05, 4.69) is 17.1 Å². The van der Waals surface area contributed by atoms with Gasteiger partial charge in [-0.25, -0.2) is 9.97 Å². The first-order valence-electron chi connectivity index (χ1n) is 9.73. The highest BCUT2D eigenvalue weighted by Gasteiger charge is 2.31. The Morgan fingerprint density at radius 1 is 1.31 bits per heavy atom. The molecule has 6 heteroatoms. The Labute approximate surface area is 155 Å². The zero-order valence-corrected chi connectivity index (χ0v) is 16.0. The standard InChI is InChI=1S/C20H28N4O2/c1-4-8-18-21-13-15(17-12-14(3)23-26-17)20(22-18)16-10-6-7-11-24(16)19(25)9-5-2/h12-13,16H,4-11H2,1-3H3. The molecule has 6 nitrogen and oxygen atoms in total. The van der Waals surface area contributed by atoms with Crippen molar-refractivity contribution in [2.24, 2.45) is 0 Å². The van der Waals surface area contributed by atoms with E-state index in [0.717, 1.165) is 67.8 Å². The molecule has 1 amide bonds. The molecule has 3 rings (SSSR count). The summed E-state index contributed by atoms with van der Waals surface area (Å²) in [6, 6.07) is 1.89. The van der Waals surface area contributed by atoms with Gasteiger partial charge < -0.3 is 9.42 Å². The molecule has 140 valence electrons. The summed E-state index contributed by atoms with van der Waals surface area (Å²) in [5, 5.41) is 4.01. The highest BCUT2D eigenvalue weighted by Crippen LogP contribution is 2.36. The number of rotatable bonds is 6. The maximum Gasteiger partial charge on any atom is 0.223 e. The first-order valence-corrected chi connectivity index (χ1v) is 9.73. The largest absolute Gasteiger partial charge is 0.356 e. The second-order valence-corrected chi connectivity index (χ2v) is 7.02. The molecule has 1 saturated heterocycles. The van der Waals surface area contributed by atoms with E-state index in [4.69, 9.17) is 9.51 Å². The molecule has 0 saturated carbocycles. The molecular weight excluding hydrogens is 328 g/mol. The number of nitrogens with zero attached hydrogens (tertiary/aromatic N) is 4. The van der Waals surface area contributed by atoms with Crippen molar-refractivity contribution < 1.29 is 9.32 Å².